The first kappa shape index (κ1) is 28.6. The summed E-state index contributed by atoms with van der Waals surface area (Å²) in [4.78, 5) is 24.0. The SMILES string of the molecule is CCCC(c1nc2ccc(N3CCC(NC)(c4cccc(O)c4)CC3)cc2c(=O)n1CC)N1C[C@@H](C)N[C@@H](C)C1. The summed E-state index contributed by atoms with van der Waals surface area (Å²) in [5.41, 5.74) is 2.85. The van der Waals surface area contributed by atoms with Gasteiger partial charge in [-0.3, -0.25) is 14.3 Å². The lowest BCUT2D eigenvalue weighted by Crippen LogP contribution is -2.55. The molecule has 2 aliphatic rings. The first-order valence-electron chi connectivity index (χ1n) is 15.1. The van der Waals surface area contributed by atoms with E-state index in [1.54, 1.807) is 6.07 Å². The van der Waals surface area contributed by atoms with Gasteiger partial charge in [0.2, 0.25) is 0 Å². The van der Waals surface area contributed by atoms with Crippen molar-refractivity contribution in [3.8, 4) is 5.75 Å². The topological polar surface area (TPSA) is 85.7 Å². The zero-order valence-corrected chi connectivity index (χ0v) is 24.8. The van der Waals surface area contributed by atoms with Gasteiger partial charge in [0.1, 0.15) is 11.6 Å². The standard InChI is InChI=1S/C32H46N6O2/c1-6-9-29(37-20-22(3)34-23(4)21-37)30-35-28-13-12-25(19-27(28)31(40)38(30)7-2)36-16-14-32(33-5,15-17-36)24-10-8-11-26(39)18-24/h8,10-13,18-19,22-23,29,33-34,39H,6-7,9,14-17,20-21H2,1-5H3/t22-,23+,29?. The number of aromatic nitrogens is 2. The van der Waals surface area contributed by atoms with Crippen LogP contribution in [-0.2, 0) is 12.1 Å². The van der Waals surface area contributed by atoms with Gasteiger partial charge in [-0.2, -0.15) is 0 Å². The molecule has 2 aromatic carbocycles. The van der Waals surface area contributed by atoms with E-state index in [0.717, 1.165) is 74.5 Å². The Bertz CT molecular complexity index is 1370. The average molecular weight is 547 g/mol. The van der Waals surface area contributed by atoms with Gasteiger partial charge < -0.3 is 20.6 Å². The predicted octanol–water partition coefficient (Wildman–Crippen LogP) is 4.36. The van der Waals surface area contributed by atoms with Crippen LogP contribution in [0.15, 0.2) is 47.3 Å². The van der Waals surface area contributed by atoms with E-state index in [0.29, 0.717) is 29.8 Å². The van der Waals surface area contributed by atoms with Crippen molar-refractivity contribution in [2.24, 2.45) is 0 Å². The van der Waals surface area contributed by atoms with Crippen LogP contribution in [0.3, 0.4) is 0 Å². The first-order valence-corrected chi connectivity index (χ1v) is 15.1. The second-order valence-electron chi connectivity index (χ2n) is 11.8. The number of hydrogen-bond donors (Lipinski definition) is 3. The fraction of sp³-hybridized carbons (Fsp3) is 0.562. The molecule has 0 aliphatic carbocycles. The van der Waals surface area contributed by atoms with Gasteiger partial charge in [-0.05, 0) is 83.0 Å². The third-order valence-electron chi connectivity index (χ3n) is 9.03. The number of anilines is 1. The summed E-state index contributed by atoms with van der Waals surface area (Å²) >= 11 is 0. The Hall–Kier alpha value is -2.94. The van der Waals surface area contributed by atoms with E-state index >= 15 is 0 Å². The summed E-state index contributed by atoms with van der Waals surface area (Å²) in [7, 11) is 2.00. The third-order valence-corrected chi connectivity index (χ3v) is 9.03. The normalized spacial score (nSPS) is 22.5. The number of rotatable bonds is 8. The number of nitrogens with zero attached hydrogens (tertiary/aromatic N) is 4. The van der Waals surface area contributed by atoms with Crippen LogP contribution in [0.4, 0.5) is 5.69 Å². The van der Waals surface area contributed by atoms with Crippen molar-refractivity contribution in [2.45, 2.75) is 83.6 Å². The van der Waals surface area contributed by atoms with Gasteiger partial charge >= 0.3 is 0 Å². The van der Waals surface area contributed by atoms with E-state index in [1.807, 2.05) is 35.9 Å². The molecule has 216 valence electrons. The number of piperidine rings is 1. The highest BCUT2D eigenvalue weighted by atomic mass is 16.3. The maximum Gasteiger partial charge on any atom is 0.261 e. The molecule has 1 aromatic heterocycles. The molecule has 8 nitrogen and oxygen atoms in total. The number of fused-ring (bicyclic) bond motifs is 1. The molecule has 3 heterocycles. The molecular weight excluding hydrogens is 500 g/mol. The molecule has 5 rings (SSSR count). The molecule has 0 amide bonds. The Morgan fingerprint density at radius 3 is 2.45 bits per heavy atom. The number of phenols is 1. The van der Waals surface area contributed by atoms with Crippen molar-refractivity contribution in [2.75, 3.05) is 38.1 Å². The molecule has 2 aliphatic heterocycles. The van der Waals surface area contributed by atoms with Crippen LogP contribution < -0.4 is 21.1 Å². The molecular formula is C32H46N6O2. The highest BCUT2D eigenvalue weighted by Crippen LogP contribution is 2.36. The summed E-state index contributed by atoms with van der Waals surface area (Å²) in [6.45, 7) is 13.0. The molecule has 0 bridgehead atoms. The van der Waals surface area contributed by atoms with Gasteiger partial charge in [0.25, 0.3) is 5.56 Å². The Kier molecular flexibility index (Phi) is 8.50. The molecule has 8 heteroatoms. The van der Waals surface area contributed by atoms with Gasteiger partial charge in [0.15, 0.2) is 0 Å². The van der Waals surface area contributed by atoms with Gasteiger partial charge in [0, 0.05) is 56.0 Å². The van der Waals surface area contributed by atoms with Crippen LogP contribution in [0.1, 0.15) is 70.8 Å². The lowest BCUT2D eigenvalue weighted by Gasteiger charge is -2.43. The molecule has 40 heavy (non-hydrogen) atoms. The van der Waals surface area contributed by atoms with Crippen LogP contribution in [0.5, 0.6) is 5.75 Å². The quantitative estimate of drug-likeness (QED) is 0.387. The van der Waals surface area contributed by atoms with Crippen LogP contribution in [0.2, 0.25) is 0 Å². The lowest BCUT2D eigenvalue weighted by atomic mass is 9.80. The zero-order valence-electron chi connectivity index (χ0n) is 24.8. The summed E-state index contributed by atoms with van der Waals surface area (Å²) < 4.78 is 1.91. The van der Waals surface area contributed by atoms with Crippen LogP contribution in [0, 0.1) is 0 Å². The average Bonchev–Trinajstić information content (AvgIpc) is 2.95. The number of hydrogen-bond acceptors (Lipinski definition) is 7. The Morgan fingerprint density at radius 2 is 1.82 bits per heavy atom. The summed E-state index contributed by atoms with van der Waals surface area (Å²) in [5.74, 6) is 1.20. The van der Waals surface area contributed by atoms with Crippen molar-refractivity contribution in [1.82, 2.24) is 25.1 Å². The van der Waals surface area contributed by atoms with Crippen molar-refractivity contribution in [1.29, 1.82) is 0 Å². The van der Waals surface area contributed by atoms with Crippen molar-refractivity contribution >= 4 is 16.6 Å². The van der Waals surface area contributed by atoms with Crippen molar-refractivity contribution in [3.05, 3.63) is 64.2 Å². The maximum atomic E-state index is 13.9. The van der Waals surface area contributed by atoms with Crippen LogP contribution >= 0.6 is 0 Å². The molecule has 3 aromatic rings. The molecule has 2 saturated heterocycles. The zero-order chi connectivity index (χ0) is 28.4. The number of nitrogens with one attached hydrogen (secondary N) is 2. The van der Waals surface area contributed by atoms with E-state index in [4.69, 9.17) is 4.98 Å². The smallest absolute Gasteiger partial charge is 0.261 e. The number of piperazine rings is 1. The molecule has 3 atom stereocenters. The van der Waals surface area contributed by atoms with Crippen LogP contribution in [-0.4, -0.2) is 64.9 Å². The molecule has 1 unspecified atom stereocenters. The van der Waals surface area contributed by atoms with Gasteiger partial charge in [-0.1, -0.05) is 25.5 Å². The third kappa shape index (κ3) is 5.49. The number of phenolic OH excluding ortho intramolecular Hbond substituents is 1. The van der Waals surface area contributed by atoms with Crippen molar-refractivity contribution in [3.63, 3.8) is 0 Å². The predicted molar refractivity (Wildman–Crippen MR) is 163 cm³/mol. The molecule has 0 saturated carbocycles. The van der Waals surface area contributed by atoms with Crippen LogP contribution in [0.25, 0.3) is 10.9 Å². The summed E-state index contributed by atoms with van der Waals surface area (Å²) in [5, 5.41) is 17.9. The van der Waals surface area contributed by atoms with Gasteiger partial charge in [-0.15, -0.1) is 0 Å². The van der Waals surface area contributed by atoms with Gasteiger partial charge in [0.05, 0.1) is 16.9 Å². The minimum atomic E-state index is -0.176. The molecule has 0 spiro atoms. The van der Waals surface area contributed by atoms with E-state index in [-0.39, 0.29) is 17.1 Å². The second-order valence-corrected chi connectivity index (χ2v) is 11.8. The minimum Gasteiger partial charge on any atom is -0.508 e. The Morgan fingerprint density at radius 1 is 1.10 bits per heavy atom. The molecule has 3 N–H and O–H groups in total. The largest absolute Gasteiger partial charge is 0.508 e. The lowest BCUT2D eigenvalue weighted by molar-refractivity contribution is 0.109. The second kappa shape index (κ2) is 11.9. The van der Waals surface area contributed by atoms with E-state index in [2.05, 4.69) is 60.3 Å². The molecule has 2 fully saturated rings. The van der Waals surface area contributed by atoms with E-state index in [9.17, 15) is 9.90 Å². The highest BCUT2D eigenvalue weighted by Gasteiger charge is 2.35. The monoisotopic (exact) mass is 546 g/mol. The first-order chi connectivity index (χ1) is 19.3. The number of aromatic hydroxyl groups is 1. The maximum absolute atomic E-state index is 13.9. The fourth-order valence-electron chi connectivity index (χ4n) is 6.99. The number of benzene rings is 2. The Balaban J connectivity index is 1.44. The van der Waals surface area contributed by atoms with Crippen molar-refractivity contribution < 1.29 is 5.11 Å². The van der Waals surface area contributed by atoms with Gasteiger partial charge in [-0.25, -0.2) is 4.98 Å². The summed E-state index contributed by atoms with van der Waals surface area (Å²) in [6, 6.07) is 14.7. The summed E-state index contributed by atoms with van der Waals surface area (Å²) in [6.07, 6.45) is 3.83. The van der Waals surface area contributed by atoms with E-state index < -0.39 is 0 Å². The fourth-order valence-corrected chi connectivity index (χ4v) is 6.99. The highest BCUT2D eigenvalue weighted by molar-refractivity contribution is 5.82. The minimum absolute atomic E-state index is 0.0584. The molecule has 0 radical (unpaired) electrons. The Labute approximate surface area is 238 Å². The van der Waals surface area contributed by atoms with E-state index in [1.165, 1.54) is 0 Å².